The van der Waals surface area contributed by atoms with E-state index in [1.165, 1.54) is 0 Å². The second kappa shape index (κ2) is 6.60. The molecule has 4 rings (SSSR count). The summed E-state index contributed by atoms with van der Waals surface area (Å²) in [5.41, 5.74) is 0. The molecule has 2 fully saturated rings. The van der Waals surface area contributed by atoms with Gasteiger partial charge in [-0.05, 0) is 24.3 Å². The van der Waals surface area contributed by atoms with Crippen LogP contribution < -0.4 is 0 Å². The Kier molecular flexibility index (Phi) is 4.32. The Bertz CT molecular complexity index is 654. The van der Waals surface area contributed by atoms with Gasteiger partial charge in [-0.25, -0.2) is 0 Å². The zero-order valence-corrected chi connectivity index (χ0v) is 14.4. The molecule has 8 heteroatoms. The van der Waals surface area contributed by atoms with Crippen LogP contribution in [-0.2, 0) is 9.59 Å². The number of furan rings is 2. The average Bonchev–Trinajstić information content (AvgIpc) is 3.33. The van der Waals surface area contributed by atoms with Gasteiger partial charge in [0.1, 0.15) is 22.3 Å². The lowest BCUT2D eigenvalue weighted by Crippen LogP contribution is -2.38. The number of rotatable bonds is 5. The number of thioether (sulfide) groups is 2. The van der Waals surface area contributed by atoms with E-state index in [1.807, 2.05) is 24.3 Å². The summed E-state index contributed by atoms with van der Waals surface area (Å²) in [6.45, 7) is 0.974. The summed E-state index contributed by atoms with van der Waals surface area (Å²) in [7, 11) is 0. The molecule has 0 radical (unpaired) electrons. The van der Waals surface area contributed by atoms with E-state index in [2.05, 4.69) is 0 Å². The van der Waals surface area contributed by atoms with E-state index in [0.29, 0.717) is 24.6 Å². The van der Waals surface area contributed by atoms with Crippen LogP contribution in [0, 0.1) is 0 Å². The predicted octanol–water partition coefficient (Wildman–Crippen LogP) is 2.72. The molecule has 126 valence electrons. The van der Waals surface area contributed by atoms with Gasteiger partial charge in [-0.15, -0.1) is 23.5 Å². The normalized spacial score (nSPS) is 24.3. The van der Waals surface area contributed by atoms with Gasteiger partial charge in [0.25, 0.3) is 0 Å². The summed E-state index contributed by atoms with van der Waals surface area (Å²) in [6, 6.07) is 7.41. The van der Waals surface area contributed by atoms with Crippen LogP contribution in [0.5, 0.6) is 0 Å². The molecule has 2 aromatic heterocycles. The molecule has 2 aliphatic heterocycles. The first-order valence-electron chi connectivity index (χ1n) is 7.63. The number of carbonyl (C=O) groups is 2. The highest BCUT2D eigenvalue weighted by Crippen LogP contribution is 2.41. The molecule has 0 spiro atoms. The van der Waals surface area contributed by atoms with Crippen LogP contribution in [0.3, 0.4) is 0 Å². The van der Waals surface area contributed by atoms with Crippen LogP contribution in [-0.4, -0.2) is 46.2 Å². The van der Waals surface area contributed by atoms with E-state index in [0.717, 1.165) is 11.5 Å². The van der Waals surface area contributed by atoms with Gasteiger partial charge >= 0.3 is 0 Å². The number of hydrogen-bond donors (Lipinski definition) is 0. The number of amides is 2. The van der Waals surface area contributed by atoms with Crippen molar-refractivity contribution >= 4 is 35.3 Å². The first-order valence-corrected chi connectivity index (χ1v) is 9.73. The van der Waals surface area contributed by atoms with Crippen molar-refractivity contribution in [3.05, 3.63) is 48.3 Å². The summed E-state index contributed by atoms with van der Waals surface area (Å²) in [6.07, 6.45) is 3.23. The minimum Gasteiger partial charge on any atom is -0.466 e. The largest absolute Gasteiger partial charge is 0.466 e. The van der Waals surface area contributed by atoms with E-state index >= 15 is 0 Å². The van der Waals surface area contributed by atoms with Crippen LogP contribution in [0.25, 0.3) is 0 Å². The minimum absolute atomic E-state index is 0.0789. The van der Waals surface area contributed by atoms with Crippen LogP contribution in [0.1, 0.15) is 22.3 Å². The number of hydrogen-bond acceptors (Lipinski definition) is 6. The van der Waals surface area contributed by atoms with E-state index < -0.39 is 0 Å². The maximum atomic E-state index is 12.2. The zero-order valence-electron chi connectivity index (χ0n) is 12.8. The molecule has 2 aliphatic rings. The highest BCUT2D eigenvalue weighted by Gasteiger charge is 2.38. The molecule has 6 nitrogen and oxygen atoms in total. The van der Waals surface area contributed by atoms with Crippen molar-refractivity contribution in [2.45, 2.75) is 10.7 Å². The lowest BCUT2D eigenvalue weighted by Gasteiger charge is -2.27. The van der Waals surface area contributed by atoms with Crippen molar-refractivity contribution in [2.24, 2.45) is 0 Å². The number of nitrogens with zero attached hydrogens (tertiary/aromatic N) is 2. The van der Waals surface area contributed by atoms with E-state index in [1.54, 1.807) is 45.8 Å². The van der Waals surface area contributed by atoms with E-state index in [-0.39, 0.29) is 22.6 Å². The SMILES string of the molecule is O=C1CSC(c2ccco2)N1CCN1C(=O)CSC1c1ccco1. The Morgan fingerprint density at radius 2 is 1.33 bits per heavy atom. The second-order valence-electron chi connectivity index (χ2n) is 5.53. The molecule has 2 atom stereocenters. The molecule has 2 aromatic rings. The Morgan fingerprint density at radius 3 is 1.71 bits per heavy atom. The fraction of sp³-hybridized carbons (Fsp3) is 0.375. The van der Waals surface area contributed by atoms with Crippen LogP contribution in [0.15, 0.2) is 45.6 Å². The summed E-state index contributed by atoms with van der Waals surface area (Å²) in [4.78, 5) is 28.0. The maximum absolute atomic E-state index is 12.2. The molecule has 0 aliphatic carbocycles. The zero-order chi connectivity index (χ0) is 16.5. The highest BCUT2D eigenvalue weighted by atomic mass is 32.2. The van der Waals surface area contributed by atoms with Gasteiger partial charge < -0.3 is 18.6 Å². The molecule has 4 heterocycles. The minimum atomic E-state index is -0.111. The average molecular weight is 364 g/mol. The second-order valence-corrected chi connectivity index (χ2v) is 7.67. The molecule has 0 saturated carbocycles. The van der Waals surface area contributed by atoms with Gasteiger partial charge in [0, 0.05) is 13.1 Å². The molecule has 2 unspecified atom stereocenters. The molecule has 0 bridgehead atoms. The highest BCUT2D eigenvalue weighted by molar-refractivity contribution is 8.00. The molecule has 0 aromatic carbocycles. The van der Waals surface area contributed by atoms with Crippen molar-refractivity contribution < 1.29 is 18.4 Å². The first kappa shape index (κ1) is 15.7. The smallest absolute Gasteiger partial charge is 0.233 e. The van der Waals surface area contributed by atoms with Crippen molar-refractivity contribution in [1.82, 2.24) is 9.80 Å². The monoisotopic (exact) mass is 364 g/mol. The van der Waals surface area contributed by atoms with Crippen molar-refractivity contribution in [2.75, 3.05) is 24.6 Å². The van der Waals surface area contributed by atoms with Crippen molar-refractivity contribution in [1.29, 1.82) is 0 Å². The van der Waals surface area contributed by atoms with Gasteiger partial charge in [0.15, 0.2) is 0 Å². The van der Waals surface area contributed by atoms with Crippen LogP contribution in [0.4, 0.5) is 0 Å². The molecule has 0 N–H and O–H groups in total. The number of carbonyl (C=O) groups excluding carboxylic acids is 2. The summed E-state index contributed by atoms with van der Waals surface area (Å²) < 4.78 is 10.9. The lowest BCUT2D eigenvalue weighted by atomic mass is 10.3. The van der Waals surface area contributed by atoms with Crippen LogP contribution >= 0.6 is 23.5 Å². The third-order valence-corrected chi connectivity index (χ3v) is 6.52. The third-order valence-electron chi connectivity index (χ3n) is 4.09. The summed E-state index contributed by atoms with van der Waals surface area (Å²) in [5, 5.41) is -0.222. The van der Waals surface area contributed by atoms with Gasteiger partial charge in [-0.3, -0.25) is 9.59 Å². The first-order chi connectivity index (χ1) is 11.7. The Labute approximate surface area is 147 Å². The predicted molar refractivity (Wildman–Crippen MR) is 91.2 cm³/mol. The fourth-order valence-corrected chi connectivity index (χ4v) is 5.28. The standard InChI is InChI=1S/C16H16N2O4S2/c19-13-9-23-15(11-3-1-7-21-11)17(13)5-6-18-14(20)10-24-16(18)12-4-2-8-22-12/h1-4,7-8,15-16H,5-6,9-10H2. The van der Waals surface area contributed by atoms with Gasteiger partial charge in [0.2, 0.25) is 11.8 Å². The summed E-state index contributed by atoms with van der Waals surface area (Å²) >= 11 is 3.11. The van der Waals surface area contributed by atoms with Gasteiger partial charge in [-0.2, -0.15) is 0 Å². The molecule has 2 saturated heterocycles. The summed E-state index contributed by atoms with van der Waals surface area (Å²) in [5.74, 6) is 2.59. The Balaban J connectivity index is 1.46. The molecular formula is C16H16N2O4S2. The van der Waals surface area contributed by atoms with Crippen molar-refractivity contribution in [3.63, 3.8) is 0 Å². The van der Waals surface area contributed by atoms with Gasteiger partial charge in [0.05, 0.1) is 24.0 Å². The maximum Gasteiger partial charge on any atom is 0.233 e. The van der Waals surface area contributed by atoms with E-state index in [9.17, 15) is 9.59 Å². The molecular weight excluding hydrogens is 348 g/mol. The quantitative estimate of drug-likeness (QED) is 0.813. The van der Waals surface area contributed by atoms with Crippen molar-refractivity contribution in [3.8, 4) is 0 Å². The lowest BCUT2D eigenvalue weighted by molar-refractivity contribution is -0.132. The third kappa shape index (κ3) is 2.84. The Hall–Kier alpha value is -1.80. The van der Waals surface area contributed by atoms with Gasteiger partial charge in [-0.1, -0.05) is 0 Å². The fourth-order valence-electron chi connectivity index (χ4n) is 2.94. The topological polar surface area (TPSA) is 66.9 Å². The Morgan fingerprint density at radius 1 is 0.875 bits per heavy atom. The molecule has 2 amide bonds. The van der Waals surface area contributed by atoms with Crippen LogP contribution in [0.2, 0.25) is 0 Å². The molecule has 24 heavy (non-hydrogen) atoms. The van der Waals surface area contributed by atoms with E-state index in [4.69, 9.17) is 8.83 Å².